The second-order valence-electron chi connectivity index (χ2n) is 3.00. The summed E-state index contributed by atoms with van der Waals surface area (Å²) in [4.78, 5) is 26.1. The van der Waals surface area contributed by atoms with Crippen molar-refractivity contribution in [1.82, 2.24) is 9.55 Å². The lowest BCUT2D eigenvalue weighted by Crippen LogP contribution is -2.30. The van der Waals surface area contributed by atoms with Gasteiger partial charge in [-0.15, -0.1) is 0 Å². The molecule has 0 saturated carbocycles. The van der Waals surface area contributed by atoms with E-state index < -0.39 is 5.91 Å². The number of rotatable bonds is 3. The van der Waals surface area contributed by atoms with Crippen molar-refractivity contribution in [2.75, 3.05) is 0 Å². The fourth-order valence-corrected chi connectivity index (χ4v) is 1.41. The average molecular weight is 307 g/mol. The first-order chi connectivity index (χ1) is 6.52. The number of aromatic nitrogens is 2. The van der Waals surface area contributed by atoms with E-state index in [2.05, 4.69) is 4.98 Å². The van der Waals surface area contributed by atoms with Crippen molar-refractivity contribution in [2.24, 2.45) is 11.7 Å². The molecule has 1 atom stereocenters. The molecule has 0 aliphatic carbocycles. The minimum Gasteiger partial charge on any atom is -0.369 e. The van der Waals surface area contributed by atoms with Gasteiger partial charge in [0.25, 0.3) is 5.56 Å². The molecule has 0 aliphatic rings. The molecule has 6 heteroatoms. The Morgan fingerprint density at radius 2 is 2.43 bits per heavy atom. The molecular weight excluding hydrogens is 297 g/mol. The molecule has 0 saturated heterocycles. The van der Waals surface area contributed by atoms with Gasteiger partial charge in [0, 0.05) is 12.7 Å². The highest BCUT2D eigenvalue weighted by Gasteiger charge is 2.10. The van der Waals surface area contributed by atoms with Crippen molar-refractivity contribution in [3.63, 3.8) is 0 Å². The third kappa shape index (κ3) is 2.53. The SMILES string of the molecule is CC(Cn1cncc(I)c1=O)C(N)=O. The zero-order chi connectivity index (χ0) is 10.7. The monoisotopic (exact) mass is 307 g/mol. The Kier molecular flexibility index (Phi) is 3.62. The van der Waals surface area contributed by atoms with Crippen LogP contribution in [0.2, 0.25) is 0 Å². The van der Waals surface area contributed by atoms with Gasteiger partial charge < -0.3 is 5.73 Å². The van der Waals surface area contributed by atoms with Crippen LogP contribution < -0.4 is 11.3 Å². The molecular formula is C8H10IN3O2. The molecule has 2 N–H and O–H groups in total. The standard InChI is InChI=1S/C8H10IN3O2/c1-5(7(10)13)3-12-4-11-2-6(9)8(12)14/h2,4-5H,3H2,1H3,(H2,10,13). The largest absolute Gasteiger partial charge is 0.369 e. The van der Waals surface area contributed by atoms with Crippen LogP contribution in [0.1, 0.15) is 6.92 Å². The lowest BCUT2D eigenvalue weighted by atomic mass is 10.2. The van der Waals surface area contributed by atoms with Crippen LogP contribution in [0.25, 0.3) is 0 Å². The van der Waals surface area contributed by atoms with Crippen LogP contribution in [0.3, 0.4) is 0 Å². The van der Waals surface area contributed by atoms with Gasteiger partial charge in [-0.2, -0.15) is 0 Å². The van der Waals surface area contributed by atoms with Gasteiger partial charge >= 0.3 is 0 Å². The number of carbonyl (C=O) groups excluding carboxylic acids is 1. The Bertz CT molecular complexity index is 402. The summed E-state index contributed by atoms with van der Waals surface area (Å²) in [6.07, 6.45) is 2.89. The Morgan fingerprint density at radius 3 is 3.00 bits per heavy atom. The maximum absolute atomic E-state index is 11.5. The molecule has 5 nitrogen and oxygen atoms in total. The third-order valence-electron chi connectivity index (χ3n) is 1.82. The number of hydrogen-bond acceptors (Lipinski definition) is 3. The van der Waals surface area contributed by atoms with E-state index in [1.807, 2.05) is 22.6 Å². The van der Waals surface area contributed by atoms with Gasteiger partial charge in [-0.1, -0.05) is 6.92 Å². The molecule has 1 heterocycles. The minimum absolute atomic E-state index is 0.145. The topological polar surface area (TPSA) is 78.0 Å². The number of amides is 1. The summed E-state index contributed by atoms with van der Waals surface area (Å²) in [5, 5.41) is 0. The van der Waals surface area contributed by atoms with Crippen LogP contribution >= 0.6 is 22.6 Å². The van der Waals surface area contributed by atoms with Gasteiger partial charge in [0.15, 0.2) is 0 Å². The molecule has 1 aromatic rings. The van der Waals surface area contributed by atoms with E-state index in [9.17, 15) is 9.59 Å². The number of nitrogens with two attached hydrogens (primary N) is 1. The first kappa shape index (κ1) is 11.2. The van der Waals surface area contributed by atoms with Crippen LogP contribution in [-0.4, -0.2) is 15.5 Å². The second-order valence-corrected chi connectivity index (χ2v) is 4.16. The fraction of sp³-hybridized carbons (Fsp3) is 0.375. The molecule has 0 bridgehead atoms. The van der Waals surface area contributed by atoms with Gasteiger partial charge in [-0.25, -0.2) is 4.98 Å². The fourth-order valence-electron chi connectivity index (χ4n) is 0.939. The third-order valence-corrected chi connectivity index (χ3v) is 2.56. The molecule has 0 radical (unpaired) electrons. The Labute approximate surface area is 94.5 Å². The van der Waals surface area contributed by atoms with E-state index in [-0.39, 0.29) is 18.0 Å². The number of primary amides is 1. The Hall–Kier alpha value is -0.920. The average Bonchev–Trinajstić information content (AvgIpc) is 2.12. The predicted molar refractivity (Wildman–Crippen MR) is 59.6 cm³/mol. The van der Waals surface area contributed by atoms with E-state index in [1.165, 1.54) is 17.1 Å². The van der Waals surface area contributed by atoms with Crippen molar-refractivity contribution >= 4 is 28.5 Å². The van der Waals surface area contributed by atoms with Gasteiger partial charge in [0.2, 0.25) is 5.91 Å². The van der Waals surface area contributed by atoms with E-state index >= 15 is 0 Å². The summed E-state index contributed by atoms with van der Waals surface area (Å²) in [6.45, 7) is 1.95. The molecule has 14 heavy (non-hydrogen) atoms. The lowest BCUT2D eigenvalue weighted by Gasteiger charge is -2.09. The van der Waals surface area contributed by atoms with Gasteiger partial charge in [0.05, 0.1) is 15.8 Å². The number of halogens is 1. The number of hydrogen-bond donors (Lipinski definition) is 1. The minimum atomic E-state index is -0.421. The van der Waals surface area contributed by atoms with Crippen molar-refractivity contribution < 1.29 is 4.79 Å². The summed E-state index contributed by atoms with van der Waals surface area (Å²) in [6, 6.07) is 0. The number of carbonyl (C=O) groups is 1. The maximum Gasteiger partial charge on any atom is 0.266 e. The molecule has 0 fully saturated rings. The van der Waals surface area contributed by atoms with E-state index in [1.54, 1.807) is 6.92 Å². The molecule has 76 valence electrons. The van der Waals surface area contributed by atoms with Crippen LogP contribution in [0.15, 0.2) is 17.3 Å². The summed E-state index contributed by atoms with van der Waals surface area (Å²) < 4.78 is 1.92. The molecule has 0 aliphatic heterocycles. The van der Waals surface area contributed by atoms with Gasteiger partial charge in [0.1, 0.15) is 0 Å². The highest BCUT2D eigenvalue weighted by Crippen LogP contribution is 1.98. The first-order valence-electron chi connectivity index (χ1n) is 4.01. The molecule has 1 amide bonds. The summed E-state index contributed by atoms with van der Waals surface area (Å²) >= 11 is 1.90. The van der Waals surface area contributed by atoms with E-state index in [4.69, 9.17) is 5.73 Å². The summed E-state index contributed by atoms with van der Waals surface area (Å²) in [5.74, 6) is -0.788. The quantitative estimate of drug-likeness (QED) is 0.797. The van der Waals surface area contributed by atoms with Crippen LogP contribution in [0.4, 0.5) is 0 Å². The zero-order valence-electron chi connectivity index (χ0n) is 7.61. The Morgan fingerprint density at radius 1 is 1.79 bits per heavy atom. The van der Waals surface area contributed by atoms with Crippen molar-refractivity contribution in [1.29, 1.82) is 0 Å². The predicted octanol–water partition coefficient (Wildman–Crippen LogP) is -0.0307. The normalized spacial score (nSPS) is 12.4. The lowest BCUT2D eigenvalue weighted by molar-refractivity contribution is -0.121. The van der Waals surface area contributed by atoms with E-state index in [0.29, 0.717) is 3.57 Å². The second kappa shape index (κ2) is 4.54. The smallest absolute Gasteiger partial charge is 0.266 e. The highest BCUT2D eigenvalue weighted by atomic mass is 127. The van der Waals surface area contributed by atoms with Crippen molar-refractivity contribution in [2.45, 2.75) is 13.5 Å². The molecule has 0 spiro atoms. The van der Waals surface area contributed by atoms with Gasteiger partial charge in [-0.3, -0.25) is 14.2 Å². The van der Waals surface area contributed by atoms with Crippen molar-refractivity contribution in [3.05, 3.63) is 26.4 Å². The van der Waals surface area contributed by atoms with Gasteiger partial charge in [-0.05, 0) is 22.6 Å². The zero-order valence-corrected chi connectivity index (χ0v) is 9.76. The molecule has 1 unspecified atom stereocenters. The Balaban J connectivity index is 2.93. The van der Waals surface area contributed by atoms with Crippen molar-refractivity contribution in [3.8, 4) is 0 Å². The van der Waals surface area contributed by atoms with Crippen LogP contribution in [-0.2, 0) is 11.3 Å². The molecule has 1 aromatic heterocycles. The number of nitrogens with zero attached hydrogens (tertiary/aromatic N) is 2. The summed E-state index contributed by atoms with van der Waals surface area (Å²) in [7, 11) is 0. The van der Waals surface area contributed by atoms with Crippen LogP contribution in [0.5, 0.6) is 0 Å². The maximum atomic E-state index is 11.5. The summed E-state index contributed by atoms with van der Waals surface area (Å²) in [5.41, 5.74) is 4.95. The molecule has 0 aromatic carbocycles. The van der Waals surface area contributed by atoms with E-state index in [0.717, 1.165) is 0 Å². The van der Waals surface area contributed by atoms with Crippen LogP contribution in [0, 0.1) is 9.49 Å². The first-order valence-corrected chi connectivity index (χ1v) is 5.09. The molecule has 1 rings (SSSR count). The highest BCUT2D eigenvalue weighted by molar-refractivity contribution is 14.1.